The van der Waals surface area contributed by atoms with Gasteiger partial charge in [0.25, 0.3) is 0 Å². The third kappa shape index (κ3) is 5.10. The molecule has 0 spiro atoms. The van der Waals surface area contributed by atoms with E-state index >= 15 is 0 Å². The molecule has 1 aromatic carbocycles. The third-order valence-corrected chi connectivity index (χ3v) is 3.96. The molecule has 2 aromatic rings. The van der Waals surface area contributed by atoms with Crippen molar-refractivity contribution in [1.29, 1.82) is 0 Å². The molecule has 6 heteroatoms. The van der Waals surface area contributed by atoms with Crippen molar-refractivity contribution >= 4 is 29.3 Å². The summed E-state index contributed by atoms with van der Waals surface area (Å²) in [6.45, 7) is 2.75. The number of nitrogens with zero attached hydrogens (tertiary/aromatic N) is 1. The number of rotatable bonds is 7. The zero-order valence-corrected chi connectivity index (χ0v) is 13.3. The lowest BCUT2D eigenvalue weighted by atomic mass is 10.1. The van der Waals surface area contributed by atoms with Crippen LogP contribution in [0.5, 0.6) is 0 Å². The van der Waals surface area contributed by atoms with Crippen LogP contribution in [0.4, 0.5) is 0 Å². The standard InChI is InChI=1S/C15H17ClN2O2S/c1-2-7-17-15(19)10-21-9-13-8-14(18-20-13)11-3-5-12(16)6-4-11/h3-6,8H,2,7,9-10H2,1H3,(H,17,19). The van der Waals surface area contributed by atoms with E-state index in [2.05, 4.69) is 10.5 Å². The fraction of sp³-hybridized carbons (Fsp3) is 0.333. The lowest BCUT2D eigenvalue weighted by Crippen LogP contribution is -2.25. The summed E-state index contributed by atoms with van der Waals surface area (Å²) in [5.41, 5.74) is 1.73. The monoisotopic (exact) mass is 324 g/mol. The lowest BCUT2D eigenvalue weighted by Gasteiger charge is -2.01. The first-order chi connectivity index (χ1) is 10.2. The Hall–Kier alpha value is -1.46. The Kier molecular flexibility index (Phi) is 6.14. The smallest absolute Gasteiger partial charge is 0.230 e. The summed E-state index contributed by atoms with van der Waals surface area (Å²) in [5.74, 6) is 1.87. The fourth-order valence-electron chi connectivity index (χ4n) is 1.70. The van der Waals surface area contributed by atoms with E-state index < -0.39 is 0 Å². The van der Waals surface area contributed by atoms with Crippen LogP contribution in [0.25, 0.3) is 11.3 Å². The maximum Gasteiger partial charge on any atom is 0.230 e. The van der Waals surface area contributed by atoms with Gasteiger partial charge < -0.3 is 9.84 Å². The van der Waals surface area contributed by atoms with Crippen molar-refractivity contribution < 1.29 is 9.32 Å². The summed E-state index contributed by atoms with van der Waals surface area (Å²) >= 11 is 7.36. The molecular formula is C15H17ClN2O2S. The van der Waals surface area contributed by atoms with Crippen molar-refractivity contribution in [3.63, 3.8) is 0 Å². The number of nitrogens with one attached hydrogen (secondary N) is 1. The number of aromatic nitrogens is 1. The van der Waals surface area contributed by atoms with Crippen molar-refractivity contribution in [3.8, 4) is 11.3 Å². The summed E-state index contributed by atoms with van der Waals surface area (Å²) in [6, 6.07) is 9.32. The summed E-state index contributed by atoms with van der Waals surface area (Å²) < 4.78 is 5.28. The molecule has 2 rings (SSSR count). The number of halogens is 1. The molecule has 0 atom stereocenters. The molecule has 0 fully saturated rings. The fourth-order valence-corrected chi connectivity index (χ4v) is 2.55. The molecule has 0 aliphatic rings. The van der Waals surface area contributed by atoms with Crippen molar-refractivity contribution in [3.05, 3.63) is 41.1 Å². The van der Waals surface area contributed by atoms with Crippen LogP contribution in [0.3, 0.4) is 0 Å². The van der Waals surface area contributed by atoms with Crippen LogP contribution in [-0.2, 0) is 10.5 Å². The van der Waals surface area contributed by atoms with Crippen molar-refractivity contribution in [2.75, 3.05) is 12.3 Å². The topological polar surface area (TPSA) is 55.1 Å². The van der Waals surface area contributed by atoms with Gasteiger partial charge in [0.2, 0.25) is 5.91 Å². The third-order valence-electron chi connectivity index (χ3n) is 2.75. The van der Waals surface area contributed by atoms with E-state index in [1.165, 1.54) is 11.8 Å². The normalized spacial score (nSPS) is 10.6. The van der Waals surface area contributed by atoms with Crippen molar-refractivity contribution in [2.45, 2.75) is 19.1 Å². The average molecular weight is 325 g/mol. The van der Waals surface area contributed by atoms with Crippen LogP contribution in [-0.4, -0.2) is 23.4 Å². The molecule has 112 valence electrons. The highest BCUT2D eigenvalue weighted by Crippen LogP contribution is 2.23. The predicted molar refractivity (Wildman–Crippen MR) is 86.4 cm³/mol. The van der Waals surface area contributed by atoms with Gasteiger partial charge in [-0.05, 0) is 18.6 Å². The summed E-state index contributed by atoms with van der Waals surface area (Å²) in [4.78, 5) is 11.5. The van der Waals surface area contributed by atoms with Crippen LogP contribution in [0.15, 0.2) is 34.9 Å². The Bertz CT molecular complexity index is 584. The van der Waals surface area contributed by atoms with E-state index in [1.807, 2.05) is 37.3 Å². The van der Waals surface area contributed by atoms with Gasteiger partial charge in [-0.3, -0.25) is 4.79 Å². The number of amides is 1. The van der Waals surface area contributed by atoms with E-state index in [4.69, 9.17) is 16.1 Å². The van der Waals surface area contributed by atoms with Crippen LogP contribution < -0.4 is 5.32 Å². The summed E-state index contributed by atoms with van der Waals surface area (Å²) in [6.07, 6.45) is 0.947. The highest BCUT2D eigenvalue weighted by Gasteiger charge is 2.08. The van der Waals surface area contributed by atoms with Crippen LogP contribution in [0.2, 0.25) is 5.02 Å². The largest absolute Gasteiger partial charge is 0.360 e. The maximum absolute atomic E-state index is 11.5. The Morgan fingerprint density at radius 3 is 2.86 bits per heavy atom. The number of hydrogen-bond acceptors (Lipinski definition) is 4. The maximum atomic E-state index is 11.5. The van der Waals surface area contributed by atoms with Gasteiger partial charge in [0.15, 0.2) is 0 Å². The van der Waals surface area contributed by atoms with E-state index in [9.17, 15) is 4.79 Å². The highest BCUT2D eigenvalue weighted by atomic mass is 35.5. The zero-order valence-electron chi connectivity index (χ0n) is 11.8. The first-order valence-electron chi connectivity index (χ1n) is 6.75. The van der Waals surface area contributed by atoms with Gasteiger partial charge in [-0.25, -0.2) is 0 Å². The van der Waals surface area contributed by atoms with E-state index in [0.29, 0.717) is 16.5 Å². The molecule has 0 saturated carbocycles. The molecule has 0 saturated heterocycles. The minimum Gasteiger partial charge on any atom is -0.360 e. The molecule has 1 N–H and O–H groups in total. The highest BCUT2D eigenvalue weighted by molar-refractivity contribution is 7.99. The second kappa shape index (κ2) is 8.10. The molecule has 0 unspecified atom stereocenters. The minimum atomic E-state index is 0.0549. The lowest BCUT2D eigenvalue weighted by molar-refractivity contribution is -0.118. The number of hydrogen-bond donors (Lipinski definition) is 1. The number of benzene rings is 1. The minimum absolute atomic E-state index is 0.0549. The molecule has 1 aromatic heterocycles. The van der Waals surface area contributed by atoms with Gasteiger partial charge in [0.05, 0.1) is 11.5 Å². The molecule has 0 aliphatic heterocycles. The first-order valence-corrected chi connectivity index (χ1v) is 8.28. The van der Waals surface area contributed by atoms with Crippen LogP contribution >= 0.6 is 23.4 Å². The molecule has 0 bridgehead atoms. The molecule has 21 heavy (non-hydrogen) atoms. The van der Waals surface area contributed by atoms with E-state index in [-0.39, 0.29) is 5.91 Å². The Balaban J connectivity index is 1.83. The van der Waals surface area contributed by atoms with Crippen molar-refractivity contribution in [2.24, 2.45) is 0 Å². The Morgan fingerprint density at radius 2 is 2.14 bits per heavy atom. The predicted octanol–water partition coefficient (Wildman–Crippen LogP) is 3.75. The van der Waals surface area contributed by atoms with Gasteiger partial charge in [-0.15, -0.1) is 11.8 Å². The molecule has 1 amide bonds. The Morgan fingerprint density at radius 1 is 1.38 bits per heavy atom. The van der Waals surface area contributed by atoms with E-state index in [0.717, 1.165) is 30.0 Å². The number of thioether (sulfide) groups is 1. The zero-order chi connectivity index (χ0) is 15.1. The van der Waals surface area contributed by atoms with Gasteiger partial charge in [-0.2, -0.15) is 0 Å². The number of carbonyl (C=O) groups is 1. The van der Waals surface area contributed by atoms with Crippen LogP contribution in [0, 0.1) is 0 Å². The van der Waals surface area contributed by atoms with Gasteiger partial charge in [-0.1, -0.05) is 35.8 Å². The van der Waals surface area contributed by atoms with Crippen LogP contribution in [0.1, 0.15) is 19.1 Å². The SMILES string of the molecule is CCCNC(=O)CSCc1cc(-c2ccc(Cl)cc2)no1. The van der Waals surface area contributed by atoms with Gasteiger partial charge in [0.1, 0.15) is 11.5 Å². The Labute approximate surface area is 133 Å². The number of carbonyl (C=O) groups excluding carboxylic acids is 1. The molecule has 0 aliphatic carbocycles. The molecule has 4 nitrogen and oxygen atoms in total. The van der Waals surface area contributed by atoms with Gasteiger partial charge in [0, 0.05) is 23.2 Å². The second-order valence-electron chi connectivity index (χ2n) is 4.53. The molecule has 0 radical (unpaired) electrons. The summed E-state index contributed by atoms with van der Waals surface area (Å²) in [7, 11) is 0. The molecule has 1 heterocycles. The summed E-state index contributed by atoms with van der Waals surface area (Å²) in [5, 5.41) is 7.56. The van der Waals surface area contributed by atoms with Gasteiger partial charge >= 0.3 is 0 Å². The quantitative estimate of drug-likeness (QED) is 0.842. The van der Waals surface area contributed by atoms with E-state index in [1.54, 1.807) is 0 Å². The molecular weight excluding hydrogens is 308 g/mol. The average Bonchev–Trinajstić information content (AvgIpc) is 2.95. The second-order valence-corrected chi connectivity index (χ2v) is 5.95. The van der Waals surface area contributed by atoms with Crippen molar-refractivity contribution in [1.82, 2.24) is 10.5 Å². The first kappa shape index (κ1) is 15.9.